The second-order valence-corrected chi connectivity index (χ2v) is 9.46. The summed E-state index contributed by atoms with van der Waals surface area (Å²) in [5.41, 5.74) is 3.81. The van der Waals surface area contributed by atoms with Crippen LogP contribution >= 0.6 is 11.6 Å². The van der Waals surface area contributed by atoms with E-state index in [1.54, 1.807) is 31.2 Å². The Labute approximate surface area is 234 Å². The van der Waals surface area contributed by atoms with Crippen LogP contribution < -0.4 is 5.32 Å². The third-order valence-electron chi connectivity index (χ3n) is 6.11. The summed E-state index contributed by atoms with van der Waals surface area (Å²) in [6.45, 7) is 1.72. The second kappa shape index (κ2) is 12.3. The number of hydrogen-bond acceptors (Lipinski definition) is 8. The highest BCUT2D eigenvalue weighted by Gasteiger charge is 2.21. The molecule has 40 heavy (non-hydrogen) atoms. The molecule has 3 aromatic carbocycles. The number of rotatable bonds is 10. The van der Waals surface area contributed by atoms with E-state index < -0.39 is 11.9 Å². The van der Waals surface area contributed by atoms with E-state index in [9.17, 15) is 9.59 Å². The standard InChI is InChI=1S/C29H24ClN7O3/c1-19-32-29(34-40-19)22-9-7-21(8-10-22)16-27(38)25(15-20-5-3-2-4-6-20)33-28(39)14-11-23-17-24(30)12-13-26(23)37-18-31-35-36-37/h2-14,17-18,25H,15-16H2,1H3,(H,33,39)/b14-11+/t25-/m0/s1. The van der Waals surface area contributed by atoms with Gasteiger partial charge in [-0.15, -0.1) is 5.10 Å². The third-order valence-corrected chi connectivity index (χ3v) is 6.34. The van der Waals surface area contributed by atoms with Gasteiger partial charge in [0.05, 0.1) is 11.7 Å². The molecule has 0 aliphatic rings. The monoisotopic (exact) mass is 553 g/mol. The lowest BCUT2D eigenvalue weighted by Gasteiger charge is -2.17. The molecule has 1 amide bonds. The van der Waals surface area contributed by atoms with Crippen molar-refractivity contribution in [2.24, 2.45) is 0 Å². The first-order valence-corrected chi connectivity index (χ1v) is 12.8. The molecule has 1 atom stereocenters. The number of ketones is 1. The quantitative estimate of drug-likeness (QED) is 0.254. The van der Waals surface area contributed by atoms with E-state index >= 15 is 0 Å². The van der Waals surface area contributed by atoms with Gasteiger partial charge in [-0.3, -0.25) is 9.59 Å². The van der Waals surface area contributed by atoms with Crippen LogP contribution in [0.25, 0.3) is 23.2 Å². The molecule has 0 spiro atoms. The molecule has 11 heteroatoms. The van der Waals surface area contributed by atoms with Crippen LogP contribution in [0.5, 0.6) is 0 Å². The molecule has 200 valence electrons. The fourth-order valence-corrected chi connectivity index (χ4v) is 4.31. The van der Waals surface area contributed by atoms with Gasteiger partial charge in [-0.1, -0.05) is 71.4 Å². The van der Waals surface area contributed by atoms with Crippen molar-refractivity contribution in [3.05, 3.63) is 113 Å². The Morgan fingerprint density at radius 3 is 2.55 bits per heavy atom. The van der Waals surface area contributed by atoms with Crippen LogP contribution in [0, 0.1) is 6.92 Å². The normalized spacial score (nSPS) is 11.9. The zero-order chi connectivity index (χ0) is 27.9. The molecule has 0 saturated heterocycles. The lowest BCUT2D eigenvalue weighted by molar-refractivity contribution is -0.125. The zero-order valence-corrected chi connectivity index (χ0v) is 22.2. The minimum absolute atomic E-state index is 0.120. The van der Waals surface area contributed by atoms with Crippen molar-refractivity contribution in [1.29, 1.82) is 0 Å². The Bertz CT molecular complexity index is 1630. The fourth-order valence-electron chi connectivity index (χ4n) is 4.13. The van der Waals surface area contributed by atoms with Crippen molar-refractivity contribution in [2.45, 2.75) is 25.8 Å². The van der Waals surface area contributed by atoms with Gasteiger partial charge in [-0.05, 0) is 52.2 Å². The molecule has 5 rings (SSSR count). The van der Waals surface area contributed by atoms with Crippen molar-refractivity contribution in [3.8, 4) is 17.1 Å². The summed E-state index contributed by atoms with van der Waals surface area (Å²) in [7, 11) is 0. The highest BCUT2D eigenvalue weighted by Crippen LogP contribution is 2.21. The van der Waals surface area contributed by atoms with E-state index in [0.29, 0.717) is 34.4 Å². The molecule has 2 aromatic heterocycles. The van der Waals surface area contributed by atoms with Gasteiger partial charge in [0.15, 0.2) is 5.78 Å². The van der Waals surface area contributed by atoms with E-state index in [1.807, 2.05) is 54.6 Å². The molecular formula is C29H24ClN7O3. The van der Waals surface area contributed by atoms with Crippen LogP contribution in [0.2, 0.25) is 5.02 Å². The molecule has 0 fully saturated rings. The SMILES string of the molecule is Cc1nc(-c2ccc(CC(=O)[C@H](Cc3ccccc3)NC(=O)/C=C/c3cc(Cl)ccc3-n3cnnn3)cc2)no1. The topological polar surface area (TPSA) is 129 Å². The molecule has 10 nitrogen and oxygen atoms in total. The number of benzene rings is 3. The summed E-state index contributed by atoms with van der Waals surface area (Å²) in [5, 5.41) is 18.5. The van der Waals surface area contributed by atoms with Gasteiger partial charge in [0.2, 0.25) is 17.6 Å². The summed E-state index contributed by atoms with van der Waals surface area (Å²) in [5.74, 6) is 0.426. The van der Waals surface area contributed by atoms with Crippen molar-refractivity contribution in [1.82, 2.24) is 35.7 Å². The number of halogens is 1. The number of amides is 1. The van der Waals surface area contributed by atoms with Gasteiger partial charge in [-0.2, -0.15) is 9.67 Å². The molecule has 2 heterocycles. The maximum Gasteiger partial charge on any atom is 0.244 e. The van der Waals surface area contributed by atoms with Gasteiger partial charge in [-0.25, -0.2) is 0 Å². The number of carbonyl (C=O) groups excluding carboxylic acids is 2. The van der Waals surface area contributed by atoms with Crippen LogP contribution in [-0.2, 0) is 22.4 Å². The van der Waals surface area contributed by atoms with Gasteiger partial charge < -0.3 is 9.84 Å². The lowest BCUT2D eigenvalue weighted by atomic mass is 9.97. The number of hydrogen-bond donors (Lipinski definition) is 1. The van der Waals surface area contributed by atoms with Gasteiger partial charge in [0, 0.05) is 35.6 Å². The maximum absolute atomic E-state index is 13.4. The maximum atomic E-state index is 13.4. The highest BCUT2D eigenvalue weighted by atomic mass is 35.5. The number of nitrogens with zero attached hydrogens (tertiary/aromatic N) is 6. The van der Waals surface area contributed by atoms with Gasteiger partial charge >= 0.3 is 0 Å². The molecule has 5 aromatic rings. The second-order valence-electron chi connectivity index (χ2n) is 9.02. The minimum Gasteiger partial charge on any atom is -0.342 e. The summed E-state index contributed by atoms with van der Waals surface area (Å²) in [6, 6.07) is 21.4. The zero-order valence-electron chi connectivity index (χ0n) is 21.4. The number of aromatic nitrogens is 6. The Balaban J connectivity index is 1.31. The molecule has 0 radical (unpaired) electrons. The van der Waals surface area contributed by atoms with Crippen molar-refractivity contribution < 1.29 is 14.1 Å². The van der Waals surface area contributed by atoms with Gasteiger partial charge in [0.25, 0.3) is 0 Å². The van der Waals surface area contributed by atoms with E-state index in [-0.39, 0.29) is 12.2 Å². The molecule has 0 unspecified atom stereocenters. The number of carbonyl (C=O) groups is 2. The Morgan fingerprint density at radius 2 is 1.85 bits per heavy atom. The van der Waals surface area contributed by atoms with Crippen LogP contribution in [-0.4, -0.2) is 48.1 Å². The van der Waals surface area contributed by atoms with Crippen LogP contribution in [0.4, 0.5) is 0 Å². The first-order chi connectivity index (χ1) is 19.4. The lowest BCUT2D eigenvalue weighted by Crippen LogP contribution is -2.42. The molecule has 0 aliphatic heterocycles. The predicted molar refractivity (Wildman–Crippen MR) is 148 cm³/mol. The van der Waals surface area contributed by atoms with E-state index in [0.717, 1.165) is 16.7 Å². The number of tetrazole rings is 1. The van der Waals surface area contributed by atoms with E-state index in [1.165, 1.54) is 17.1 Å². The van der Waals surface area contributed by atoms with Crippen LogP contribution in [0.3, 0.4) is 0 Å². The largest absolute Gasteiger partial charge is 0.342 e. The molecule has 1 N–H and O–H groups in total. The third kappa shape index (κ3) is 6.72. The summed E-state index contributed by atoms with van der Waals surface area (Å²) >= 11 is 6.18. The first-order valence-electron chi connectivity index (χ1n) is 12.4. The summed E-state index contributed by atoms with van der Waals surface area (Å²) in [6.07, 6.45) is 4.93. The van der Waals surface area contributed by atoms with Crippen molar-refractivity contribution >= 4 is 29.4 Å². The summed E-state index contributed by atoms with van der Waals surface area (Å²) < 4.78 is 6.51. The number of aryl methyl sites for hydroxylation is 1. The van der Waals surface area contributed by atoms with Crippen molar-refractivity contribution in [2.75, 3.05) is 0 Å². The molecule has 0 saturated carbocycles. The van der Waals surface area contributed by atoms with Crippen molar-refractivity contribution in [3.63, 3.8) is 0 Å². The predicted octanol–water partition coefficient (Wildman–Crippen LogP) is 4.23. The number of nitrogens with one attached hydrogen (secondary N) is 1. The van der Waals surface area contributed by atoms with Crippen LogP contribution in [0.1, 0.15) is 22.6 Å². The molecule has 0 bridgehead atoms. The minimum atomic E-state index is -0.738. The summed E-state index contributed by atoms with van der Waals surface area (Å²) in [4.78, 5) is 30.7. The average Bonchev–Trinajstić information content (AvgIpc) is 3.65. The smallest absolute Gasteiger partial charge is 0.244 e. The Hall–Kier alpha value is -4.96. The highest BCUT2D eigenvalue weighted by molar-refractivity contribution is 6.30. The van der Waals surface area contributed by atoms with E-state index in [2.05, 4.69) is 31.0 Å². The fraction of sp³-hybridized carbons (Fsp3) is 0.138. The Kier molecular flexibility index (Phi) is 8.17. The molecule has 0 aliphatic carbocycles. The number of Topliss-reactive ketones (excluding diaryl/α,β-unsaturated/α-hetero) is 1. The average molecular weight is 554 g/mol. The van der Waals surface area contributed by atoms with Crippen LogP contribution in [0.15, 0.2) is 89.7 Å². The Morgan fingerprint density at radius 1 is 1.05 bits per heavy atom. The molecular weight excluding hydrogens is 530 g/mol. The first kappa shape index (κ1) is 26.6. The van der Waals surface area contributed by atoms with Gasteiger partial charge in [0.1, 0.15) is 6.33 Å². The van der Waals surface area contributed by atoms with E-state index in [4.69, 9.17) is 16.1 Å².